The minimum atomic E-state index is -1.06. The van der Waals surface area contributed by atoms with Gasteiger partial charge in [0.15, 0.2) is 6.29 Å². The van der Waals surface area contributed by atoms with E-state index in [1.807, 2.05) is 0 Å². The van der Waals surface area contributed by atoms with E-state index in [0.29, 0.717) is 0 Å². The van der Waals surface area contributed by atoms with E-state index < -0.39 is 31.1 Å². The van der Waals surface area contributed by atoms with E-state index in [0.717, 1.165) is 0 Å². The molecule has 1 rings (SSSR count). The van der Waals surface area contributed by atoms with E-state index in [9.17, 15) is 15.0 Å². The lowest BCUT2D eigenvalue weighted by Gasteiger charge is -2.36. The molecule has 0 aromatic carbocycles. The highest BCUT2D eigenvalue weighted by Crippen LogP contribution is 2.18. The fourth-order valence-corrected chi connectivity index (χ4v) is 1.51. The summed E-state index contributed by atoms with van der Waals surface area (Å²) < 4.78 is 4.86. The van der Waals surface area contributed by atoms with E-state index in [-0.39, 0.29) is 12.3 Å². The number of amides is 1. The summed E-state index contributed by atoms with van der Waals surface area (Å²) in [6.07, 6.45) is -2.78. The van der Waals surface area contributed by atoms with E-state index in [2.05, 4.69) is 5.32 Å². The smallest absolute Gasteiger partial charge is 0.217 e. The minimum Gasteiger partial charge on any atom is -0.394 e. The average Bonchev–Trinajstić information content (AvgIpc) is 2.09. The van der Waals surface area contributed by atoms with E-state index >= 15 is 0 Å². The first-order valence-corrected chi connectivity index (χ1v) is 4.44. The standard InChI is InChI=1S/C8H15NO5/c1-4(11)9-5-2-7(12)14-6(3-10)8(5)13/h5-8,10,12-13H,2-3H2,1H3,(H,9,11)/t5-,6-,7-,8+/m1/s1. The molecule has 0 radical (unpaired) electrons. The Kier molecular flexibility index (Phi) is 3.82. The van der Waals surface area contributed by atoms with Gasteiger partial charge in [-0.1, -0.05) is 0 Å². The normalized spacial score (nSPS) is 38.0. The van der Waals surface area contributed by atoms with Gasteiger partial charge in [0.25, 0.3) is 0 Å². The Bertz CT molecular complexity index is 210. The van der Waals surface area contributed by atoms with Crippen LogP contribution in [0, 0.1) is 0 Å². The molecule has 4 N–H and O–H groups in total. The summed E-state index contributed by atoms with van der Waals surface area (Å²) in [5, 5.41) is 30.1. The first-order chi connectivity index (χ1) is 6.54. The molecule has 0 unspecified atom stereocenters. The molecule has 6 heteroatoms. The Hall–Kier alpha value is -0.690. The second kappa shape index (κ2) is 4.70. The van der Waals surface area contributed by atoms with Crippen LogP contribution >= 0.6 is 0 Å². The van der Waals surface area contributed by atoms with Gasteiger partial charge < -0.3 is 25.4 Å². The van der Waals surface area contributed by atoms with Crippen LogP contribution in [-0.4, -0.2) is 52.4 Å². The highest BCUT2D eigenvalue weighted by Gasteiger charge is 2.36. The number of hydrogen-bond acceptors (Lipinski definition) is 5. The van der Waals surface area contributed by atoms with Gasteiger partial charge in [-0.15, -0.1) is 0 Å². The van der Waals surface area contributed by atoms with Gasteiger partial charge in [-0.05, 0) is 0 Å². The van der Waals surface area contributed by atoms with Crippen LogP contribution in [0.1, 0.15) is 13.3 Å². The SMILES string of the molecule is CC(=O)N[C@@H]1C[C@H](O)O[C@H](CO)[C@H]1O. The number of carbonyl (C=O) groups is 1. The molecule has 1 saturated heterocycles. The highest BCUT2D eigenvalue weighted by atomic mass is 16.6. The predicted molar refractivity (Wildman–Crippen MR) is 46.2 cm³/mol. The van der Waals surface area contributed by atoms with Crippen molar-refractivity contribution < 1.29 is 24.9 Å². The van der Waals surface area contributed by atoms with Crippen LogP contribution < -0.4 is 5.32 Å². The predicted octanol–water partition coefficient (Wildman–Crippen LogP) is -2.05. The van der Waals surface area contributed by atoms with E-state index in [4.69, 9.17) is 9.84 Å². The van der Waals surface area contributed by atoms with Gasteiger partial charge in [-0.2, -0.15) is 0 Å². The van der Waals surface area contributed by atoms with Crippen molar-refractivity contribution in [2.45, 2.75) is 37.9 Å². The van der Waals surface area contributed by atoms with Crippen molar-refractivity contribution in [3.05, 3.63) is 0 Å². The molecule has 0 bridgehead atoms. The Balaban J connectivity index is 2.59. The van der Waals surface area contributed by atoms with Gasteiger partial charge in [-0.3, -0.25) is 4.79 Å². The molecule has 14 heavy (non-hydrogen) atoms. The third kappa shape index (κ3) is 2.65. The third-order valence-electron chi connectivity index (χ3n) is 2.15. The number of carbonyl (C=O) groups excluding carboxylic acids is 1. The first kappa shape index (κ1) is 11.4. The largest absolute Gasteiger partial charge is 0.394 e. The maximum atomic E-state index is 10.8. The molecular weight excluding hydrogens is 190 g/mol. The summed E-state index contributed by atoms with van der Waals surface area (Å²) in [7, 11) is 0. The quantitative estimate of drug-likeness (QED) is 0.416. The molecule has 0 aromatic heterocycles. The molecule has 6 nitrogen and oxygen atoms in total. The number of ether oxygens (including phenoxy) is 1. The second-order valence-electron chi connectivity index (χ2n) is 3.35. The molecular formula is C8H15NO5. The fraction of sp³-hybridized carbons (Fsp3) is 0.875. The van der Waals surface area contributed by atoms with Gasteiger partial charge in [-0.25, -0.2) is 0 Å². The lowest BCUT2D eigenvalue weighted by atomic mass is 9.99. The lowest BCUT2D eigenvalue weighted by molar-refractivity contribution is -0.216. The summed E-state index contributed by atoms with van der Waals surface area (Å²) >= 11 is 0. The monoisotopic (exact) mass is 205 g/mol. The number of hydrogen-bond donors (Lipinski definition) is 4. The first-order valence-electron chi connectivity index (χ1n) is 4.44. The van der Waals surface area contributed by atoms with Crippen LogP contribution in [0.5, 0.6) is 0 Å². The molecule has 1 aliphatic heterocycles. The summed E-state index contributed by atoms with van der Waals surface area (Å²) in [6, 6.07) is -0.576. The highest BCUT2D eigenvalue weighted by molar-refractivity contribution is 5.73. The number of rotatable bonds is 2. The zero-order valence-corrected chi connectivity index (χ0v) is 7.88. The summed E-state index contributed by atoms with van der Waals surface area (Å²) in [4.78, 5) is 10.8. The van der Waals surface area contributed by atoms with Gasteiger partial charge >= 0.3 is 0 Å². The van der Waals surface area contributed by atoms with Crippen LogP contribution in [0.25, 0.3) is 0 Å². The van der Waals surface area contributed by atoms with Crippen molar-refractivity contribution in [2.24, 2.45) is 0 Å². The zero-order chi connectivity index (χ0) is 10.7. The molecule has 0 saturated carbocycles. The Morgan fingerprint density at radius 3 is 2.71 bits per heavy atom. The molecule has 0 aliphatic carbocycles. The van der Waals surface area contributed by atoms with Crippen LogP contribution in [0.3, 0.4) is 0 Å². The topological polar surface area (TPSA) is 99.0 Å². The van der Waals surface area contributed by atoms with Crippen molar-refractivity contribution in [1.29, 1.82) is 0 Å². The van der Waals surface area contributed by atoms with Gasteiger partial charge in [0.2, 0.25) is 5.91 Å². The average molecular weight is 205 g/mol. The van der Waals surface area contributed by atoms with Crippen LogP contribution in [-0.2, 0) is 9.53 Å². The van der Waals surface area contributed by atoms with Crippen molar-refractivity contribution in [2.75, 3.05) is 6.61 Å². The van der Waals surface area contributed by atoms with Crippen LogP contribution in [0.15, 0.2) is 0 Å². The summed E-state index contributed by atoms with van der Waals surface area (Å²) in [5.74, 6) is -0.292. The zero-order valence-electron chi connectivity index (χ0n) is 7.88. The minimum absolute atomic E-state index is 0.122. The molecule has 1 fully saturated rings. The summed E-state index contributed by atoms with van der Waals surface area (Å²) in [5.41, 5.74) is 0. The second-order valence-corrected chi connectivity index (χ2v) is 3.35. The molecule has 0 aromatic rings. The molecule has 1 aliphatic rings. The molecule has 0 spiro atoms. The Labute approximate surface area is 81.5 Å². The van der Waals surface area contributed by atoms with Crippen molar-refractivity contribution >= 4 is 5.91 Å². The van der Waals surface area contributed by atoms with Crippen molar-refractivity contribution in [1.82, 2.24) is 5.32 Å². The lowest BCUT2D eigenvalue weighted by Crippen LogP contribution is -2.56. The van der Waals surface area contributed by atoms with Crippen LogP contribution in [0.2, 0.25) is 0 Å². The Morgan fingerprint density at radius 2 is 2.21 bits per heavy atom. The van der Waals surface area contributed by atoms with Crippen LogP contribution in [0.4, 0.5) is 0 Å². The maximum Gasteiger partial charge on any atom is 0.217 e. The van der Waals surface area contributed by atoms with Gasteiger partial charge in [0.1, 0.15) is 12.2 Å². The fourth-order valence-electron chi connectivity index (χ4n) is 1.51. The third-order valence-corrected chi connectivity index (χ3v) is 2.15. The van der Waals surface area contributed by atoms with E-state index in [1.54, 1.807) is 0 Å². The molecule has 1 amide bonds. The van der Waals surface area contributed by atoms with Gasteiger partial charge in [0, 0.05) is 13.3 Å². The van der Waals surface area contributed by atoms with Crippen molar-refractivity contribution in [3.63, 3.8) is 0 Å². The molecule has 82 valence electrons. The van der Waals surface area contributed by atoms with E-state index in [1.165, 1.54) is 6.92 Å². The Morgan fingerprint density at radius 1 is 1.57 bits per heavy atom. The number of aliphatic hydroxyl groups excluding tert-OH is 3. The number of aliphatic hydroxyl groups is 3. The molecule has 1 heterocycles. The van der Waals surface area contributed by atoms with Crippen molar-refractivity contribution in [3.8, 4) is 0 Å². The molecule has 4 atom stereocenters. The summed E-state index contributed by atoms with van der Waals surface area (Å²) in [6.45, 7) is 0.927. The van der Waals surface area contributed by atoms with Gasteiger partial charge in [0.05, 0.1) is 12.6 Å². The number of nitrogens with one attached hydrogen (secondary N) is 1. The maximum absolute atomic E-state index is 10.8.